The van der Waals surface area contributed by atoms with Gasteiger partial charge in [0.25, 0.3) is 10.0 Å². The SMILES string of the molecule is CCS(=O)(=O)N1Cc2ccccc2CC1C(=O)Nc1cccc(S(=O)(=O)N(C)c2ccccc2)c1. The van der Waals surface area contributed by atoms with Crippen LogP contribution >= 0.6 is 0 Å². The van der Waals surface area contributed by atoms with Crippen molar-refractivity contribution in [1.29, 1.82) is 0 Å². The summed E-state index contributed by atoms with van der Waals surface area (Å²) in [7, 11) is -6.07. The Morgan fingerprint density at radius 2 is 1.60 bits per heavy atom. The molecule has 4 rings (SSSR count). The average Bonchev–Trinajstić information content (AvgIpc) is 2.88. The highest BCUT2D eigenvalue weighted by Gasteiger charge is 2.38. The van der Waals surface area contributed by atoms with Gasteiger partial charge in [0.15, 0.2) is 0 Å². The Morgan fingerprint density at radius 1 is 0.943 bits per heavy atom. The molecule has 35 heavy (non-hydrogen) atoms. The van der Waals surface area contributed by atoms with E-state index in [9.17, 15) is 21.6 Å². The molecular weight excluding hydrogens is 486 g/mol. The van der Waals surface area contributed by atoms with Gasteiger partial charge in [-0.2, -0.15) is 4.31 Å². The first-order chi connectivity index (χ1) is 16.6. The highest BCUT2D eigenvalue weighted by molar-refractivity contribution is 7.92. The van der Waals surface area contributed by atoms with Crippen molar-refractivity contribution in [2.24, 2.45) is 0 Å². The highest BCUT2D eigenvalue weighted by atomic mass is 32.2. The summed E-state index contributed by atoms with van der Waals surface area (Å²) in [6.45, 7) is 1.66. The Balaban J connectivity index is 1.61. The van der Waals surface area contributed by atoms with Crippen LogP contribution in [-0.2, 0) is 37.8 Å². The lowest BCUT2D eigenvalue weighted by atomic mass is 9.95. The predicted molar refractivity (Wildman–Crippen MR) is 136 cm³/mol. The minimum atomic E-state index is -3.88. The van der Waals surface area contributed by atoms with Crippen molar-refractivity contribution >= 4 is 37.3 Å². The van der Waals surface area contributed by atoms with Gasteiger partial charge in [0.2, 0.25) is 15.9 Å². The predicted octanol–water partition coefficient (Wildman–Crippen LogP) is 3.23. The molecule has 0 saturated carbocycles. The van der Waals surface area contributed by atoms with E-state index in [0.29, 0.717) is 5.69 Å². The van der Waals surface area contributed by atoms with E-state index in [-0.39, 0.29) is 29.3 Å². The second-order valence-electron chi connectivity index (χ2n) is 8.26. The molecule has 0 spiro atoms. The number of rotatable bonds is 7. The summed E-state index contributed by atoms with van der Waals surface area (Å²) in [6.07, 6.45) is 0.232. The third kappa shape index (κ3) is 5.09. The lowest BCUT2D eigenvalue weighted by molar-refractivity contribution is -0.120. The van der Waals surface area contributed by atoms with Gasteiger partial charge in [0.05, 0.1) is 16.3 Å². The monoisotopic (exact) mass is 513 g/mol. The van der Waals surface area contributed by atoms with Gasteiger partial charge in [-0.3, -0.25) is 9.10 Å². The van der Waals surface area contributed by atoms with Gasteiger partial charge in [-0.1, -0.05) is 48.5 Å². The van der Waals surface area contributed by atoms with Crippen LogP contribution in [0.4, 0.5) is 11.4 Å². The third-order valence-electron chi connectivity index (χ3n) is 6.11. The van der Waals surface area contributed by atoms with Gasteiger partial charge in [0.1, 0.15) is 6.04 Å². The molecule has 1 heterocycles. The normalized spacial score (nSPS) is 16.3. The molecule has 184 valence electrons. The molecule has 1 atom stereocenters. The van der Waals surface area contributed by atoms with Crippen molar-refractivity contribution in [2.45, 2.75) is 30.8 Å². The van der Waals surface area contributed by atoms with Crippen molar-refractivity contribution in [3.05, 3.63) is 90.0 Å². The molecule has 0 aromatic heterocycles. The molecular formula is C25H27N3O5S2. The number of sulfonamides is 2. The first-order valence-electron chi connectivity index (χ1n) is 11.1. The Kier molecular flexibility index (Phi) is 6.98. The van der Waals surface area contributed by atoms with Crippen molar-refractivity contribution in [2.75, 3.05) is 22.4 Å². The average molecular weight is 514 g/mol. The molecule has 0 bridgehead atoms. The van der Waals surface area contributed by atoms with Crippen LogP contribution in [0.15, 0.2) is 83.8 Å². The number of amides is 1. The summed E-state index contributed by atoms with van der Waals surface area (Å²) >= 11 is 0. The van der Waals surface area contributed by atoms with Crippen LogP contribution in [0, 0.1) is 0 Å². The number of carbonyl (C=O) groups is 1. The molecule has 0 radical (unpaired) electrons. The fourth-order valence-corrected chi connectivity index (χ4v) is 6.54. The Bertz CT molecular complexity index is 1440. The first-order valence-corrected chi connectivity index (χ1v) is 14.2. The van der Waals surface area contributed by atoms with Crippen LogP contribution in [0.25, 0.3) is 0 Å². The molecule has 1 unspecified atom stereocenters. The summed E-state index contributed by atoms with van der Waals surface area (Å²) in [5, 5.41) is 2.73. The molecule has 1 N–H and O–H groups in total. The van der Waals surface area contributed by atoms with E-state index >= 15 is 0 Å². The summed E-state index contributed by atoms with van der Waals surface area (Å²) < 4.78 is 54.3. The van der Waals surface area contributed by atoms with Crippen LogP contribution in [0.3, 0.4) is 0 Å². The van der Waals surface area contributed by atoms with E-state index in [2.05, 4.69) is 5.32 Å². The van der Waals surface area contributed by atoms with Crippen LogP contribution in [0.1, 0.15) is 18.1 Å². The summed E-state index contributed by atoms with van der Waals surface area (Å²) in [4.78, 5) is 13.3. The number of hydrogen-bond acceptors (Lipinski definition) is 5. The molecule has 1 amide bonds. The van der Waals surface area contributed by atoms with E-state index in [4.69, 9.17) is 0 Å². The van der Waals surface area contributed by atoms with Gasteiger partial charge in [-0.25, -0.2) is 16.8 Å². The molecule has 1 aliphatic heterocycles. The maximum Gasteiger partial charge on any atom is 0.264 e. The van der Waals surface area contributed by atoms with Gasteiger partial charge < -0.3 is 5.32 Å². The zero-order valence-electron chi connectivity index (χ0n) is 19.5. The molecule has 0 aliphatic carbocycles. The molecule has 3 aromatic carbocycles. The quantitative estimate of drug-likeness (QED) is 0.522. The molecule has 1 aliphatic rings. The number of nitrogens with one attached hydrogen (secondary N) is 1. The molecule has 3 aromatic rings. The fourth-order valence-electron chi connectivity index (χ4n) is 4.08. The van der Waals surface area contributed by atoms with E-state index in [1.165, 1.54) is 33.9 Å². The van der Waals surface area contributed by atoms with Crippen molar-refractivity contribution in [3.63, 3.8) is 0 Å². The zero-order chi connectivity index (χ0) is 25.2. The van der Waals surface area contributed by atoms with Gasteiger partial charge in [-0.15, -0.1) is 0 Å². The number of nitrogens with zero attached hydrogens (tertiary/aromatic N) is 2. The summed E-state index contributed by atoms with van der Waals surface area (Å²) in [5.41, 5.74) is 2.55. The number of fused-ring (bicyclic) bond motifs is 1. The standard InChI is InChI=1S/C25H27N3O5S2/c1-3-34(30,31)28-18-20-11-8-7-10-19(20)16-24(28)25(29)26-21-12-9-15-23(17-21)35(32,33)27(2)22-13-5-4-6-14-22/h4-15,17,24H,3,16,18H2,1-2H3,(H,26,29). The van der Waals surface area contributed by atoms with E-state index < -0.39 is 32.0 Å². The Labute approximate surface area is 206 Å². The summed E-state index contributed by atoms with van der Waals surface area (Å²) in [5.74, 6) is -0.638. The lowest BCUT2D eigenvalue weighted by Crippen LogP contribution is -2.51. The van der Waals surface area contributed by atoms with E-state index in [1.54, 1.807) is 43.3 Å². The maximum absolute atomic E-state index is 13.3. The van der Waals surface area contributed by atoms with Crippen molar-refractivity contribution < 1.29 is 21.6 Å². The zero-order valence-corrected chi connectivity index (χ0v) is 21.1. The van der Waals surface area contributed by atoms with Gasteiger partial charge in [-0.05, 0) is 54.8 Å². The fraction of sp³-hybridized carbons (Fsp3) is 0.240. The molecule has 0 fully saturated rings. The Morgan fingerprint density at radius 3 is 2.29 bits per heavy atom. The first kappa shape index (κ1) is 24.9. The summed E-state index contributed by atoms with van der Waals surface area (Å²) in [6, 6.07) is 21.1. The van der Waals surface area contributed by atoms with Crippen LogP contribution in [-0.4, -0.2) is 45.9 Å². The van der Waals surface area contributed by atoms with Crippen LogP contribution in [0.2, 0.25) is 0 Å². The van der Waals surface area contributed by atoms with Gasteiger partial charge in [0, 0.05) is 19.3 Å². The number of anilines is 2. The largest absolute Gasteiger partial charge is 0.325 e. The number of carbonyl (C=O) groups excluding carboxylic acids is 1. The second-order valence-corrected chi connectivity index (χ2v) is 12.4. The topological polar surface area (TPSA) is 104 Å². The van der Waals surface area contributed by atoms with Crippen molar-refractivity contribution in [1.82, 2.24) is 4.31 Å². The lowest BCUT2D eigenvalue weighted by Gasteiger charge is -2.34. The number of para-hydroxylation sites is 1. The van der Waals surface area contributed by atoms with Gasteiger partial charge >= 0.3 is 0 Å². The minimum absolute atomic E-state index is 0.00804. The van der Waals surface area contributed by atoms with Crippen LogP contribution in [0.5, 0.6) is 0 Å². The minimum Gasteiger partial charge on any atom is -0.325 e. The van der Waals surface area contributed by atoms with E-state index in [0.717, 1.165) is 11.1 Å². The third-order valence-corrected chi connectivity index (χ3v) is 9.72. The van der Waals surface area contributed by atoms with Crippen molar-refractivity contribution in [3.8, 4) is 0 Å². The molecule has 10 heteroatoms. The highest BCUT2D eigenvalue weighted by Crippen LogP contribution is 2.28. The van der Waals surface area contributed by atoms with Crippen LogP contribution < -0.4 is 9.62 Å². The maximum atomic E-state index is 13.3. The number of benzene rings is 3. The second kappa shape index (κ2) is 9.80. The smallest absolute Gasteiger partial charge is 0.264 e. The number of hydrogen-bond donors (Lipinski definition) is 1. The molecule has 0 saturated heterocycles. The molecule has 8 nitrogen and oxygen atoms in total. The van der Waals surface area contributed by atoms with E-state index in [1.807, 2.05) is 24.3 Å². The Hall–Kier alpha value is -3.21.